The summed E-state index contributed by atoms with van der Waals surface area (Å²) >= 11 is 1.64. The second-order valence-electron chi connectivity index (χ2n) is 4.40. The van der Waals surface area contributed by atoms with Crippen molar-refractivity contribution in [2.24, 2.45) is 0 Å². The van der Waals surface area contributed by atoms with Gasteiger partial charge in [0.25, 0.3) is 0 Å². The second kappa shape index (κ2) is 8.20. The molecule has 0 aliphatic carbocycles. The van der Waals surface area contributed by atoms with Gasteiger partial charge in [-0.3, -0.25) is 4.79 Å². The van der Waals surface area contributed by atoms with Gasteiger partial charge in [-0.2, -0.15) is 0 Å². The lowest BCUT2D eigenvalue weighted by Gasteiger charge is -2.24. The maximum atomic E-state index is 12.3. The minimum absolute atomic E-state index is 0.00880. The maximum absolute atomic E-state index is 12.3. The third-order valence-electron chi connectivity index (χ3n) is 2.70. The Morgan fingerprint density at radius 2 is 1.72 bits per heavy atom. The summed E-state index contributed by atoms with van der Waals surface area (Å²) in [5, 5.41) is -0.00880. The molecule has 0 N–H and O–H groups in total. The molecule has 18 heavy (non-hydrogen) atoms. The van der Waals surface area contributed by atoms with E-state index < -0.39 is 0 Å². The van der Waals surface area contributed by atoms with Crippen LogP contribution in [0.3, 0.4) is 0 Å². The number of benzene rings is 1. The van der Waals surface area contributed by atoms with Crippen LogP contribution in [0, 0.1) is 0 Å². The quantitative estimate of drug-likeness (QED) is 0.699. The van der Waals surface area contributed by atoms with E-state index in [4.69, 9.17) is 0 Å². The van der Waals surface area contributed by atoms with Crippen molar-refractivity contribution in [2.45, 2.75) is 43.8 Å². The van der Waals surface area contributed by atoms with E-state index in [1.807, 2.05) is 30.0 Å². The molecule has 0 saturated heterocycles. The largest absolute Gasteiger partial charge is 0.342 e. The highest BCUT2D eigenvalue weighted by molar-refractivity contribution is 8.00. The van der Waals surface area contributed by atoms with Gasteiger partial charge >= 0.3 is 0 Å². The standard InChI is InChI=1S/C15H23NOS/c1-4-11-16(12-5-2)15(17)13(3)18-14-9-7-6-8-10-14/h6-10,13H,4-5,11-12H2,1-3H3. The van der Waals surface area contributed by atoms with Crippen LogP contribution in [0.25, 0.3) is 0 Å². The van der Waals surface area contributed by atoms with E-state index >= 15 is 0 Å². The Bertz CT molecular complexity index is 347. The second-order valence-corrected chi connectivity index (χ2v) is 5.81. The lowest BCUT2D eigenvalue weighted by atomic mass is 10.3. The van der Waals surface area contributed by atoms with Crippen molar-refractivity contribution in [3.63, 3.8) is 0 Å². The highest BCUT2D eigenvalue weighted by Crippen LogP contribution is 2.24. The predicted molar refractivity (Wildman–Crippen MR) is 78.9 cm³/mol. The third-order valence-corrected chi connectivity index (χ3v) is 3.80. The van der Waals surface area contributed by atoms with E-state index in [0.717, 1.165) is 30.8 Å². The van der Waals surface area contributed by atoms with Crippen molar-refractivity contribution in [3.05, 3.63) is 30.3 Å². The zero-order valence-corrected chi connectivity index (χ0v) is 12.4. The Balaban J connectivity index is 2.58. The van der Waals surface area contributed by atoms with Gasteiger partial charge in [0, 0.05) is 18.0 Å². The molecule has 0 heterocycles. The van der Waals surface area contributed by atoms with Gasteiger partial charge < -0.3 is 4.90 Å². The van der Waals surface area contributed by atoms with Gasteiger partial charge in [-0.25, -0.2) is 0 Å². The van der Waals surface area contributed by atoms with Crippen LogP contribution in [0.5, 0.6) is 0 Å². The molecule has 0 aromatic heterocycles. The average Bonchev–Trinajstić information content (AvgIpc) is 2.39. The van der Waals surface area contributed by atoms with Crippen LogP contribution in [0.4, 0.5) is 0 Å². The van der Waals surface area contributed by atoms with Gasteiger partial charge in [0.05, 0.1) is 5.25 Å². The smallest absolute Gasteiger partial charge is 0.235 e. The molecular formula is C15H23NOS. The van der Waals surface area contributed by atoms with Crippen molar-refractivity contribution in [2.75, 3.05) is 13.1 Å². The number of amides is 1. The molecule has 1 aromatic rings. The van der Waals surface area contributed by atoms with Gasteiger partial charge in [0.2, 0.25) is 5.91 Å². The van der Waals surface area contributed by atoms with Crippen LogP contribution < -0.4 is 0 Å². The van der Waals surface area contributed by atoms with Crippen molar-refractivity contribution < 1.29 is 4.79 Å². The summed E-state index contributed by atoms with van der Waals surface area (Å²) in [4.78, 5) is 15.5. The summed E-state index contributed by atoms with van der Waals surface area (Å²) in [5.41, 5.74) is 0. The first-order chi connectivity index (χ1) is 8.69. The lowest BCUT2D eigenvalue weighted by molar-refractivity contribution is -0.130. The fourth-order valence-corrected chi connectivity index (χ4v) is 2.86. The predicted octanol–water partition coefficient (Wildman–Crippen LogP) is 3.82. The Hall–Kier alpha value is -0.960. The van der Waals surface area contributed by atoms with E-state index in [-0.39, 0.29) is 11.2 Å². The molecule has 2 nitrogen and oxygen atoms in total. The number of thioether (sulfide) groups is 1. The lowest BCUT2D eigenvalue weighted by Crippen LogP contribution is -2.37. The zero-order chi connectivity index (χ0) is 13.4. The van der Waals surface area contributed by atoms with Crippen LogP contribution in [-0.2, 0) is 4.79 Å². The number of nitrogens with zero attached hydrogens (tertiary/aromatic N) is 1. The van der Waals surface area contributed by atoms with E-state index in [2.05, 4.69) is 26.0 Å². The molecule has 1 atom stereocenters. The number of carbonyl (C=O) groups is 1. The minimum Gasteiger partial charge on any atom is -0.342 e. The van der Waals surface area contributed by atoms with Crippen molar-refractivity contribution in [1.29, 1.82) is 0 Å². The first-order valence-corrected chi connectivity index (χ1v) is 7.57. The Morgan fingerprint density at radius 1 is 1.17 bits per heavy atom. The van der Waals surface area contributed by atoms with E-state index in [9.17, 15) is 4.79 Å². The third kappa shape index (κ3) is 4.73. The molecule has 0 radical (unpaired) electrons. The fourth-order valence-electron chi connectivity index (χ4n) is 1.88. The molecule has 0 aliphatic heterocycles. The monoisotopic (exact) mass is 265 g/mol. The summed E-state index contributed by atoms with van der Waals surface area (Å²) in [6, 6.07) is 10.1. The first-order valence-electron chi connectivity index (χ1n) is 6.69. The van der Waals surface area contributed by atoms with Crippen molar-refractivity contribution in [1.82, 2.24) is 4.90 Å². The SMILES string of the molecule is CCCN(CCC)C(=O)C(C)Sc1ccccc1. The van der Waals surface area contributed by atoms with Gasteiger partial charge in [0.15, 0.2) is 0 Å². The number of rotatable bonds is 7. The van der Waals surface area contributed by atoms with Crippen LogP contribution in [0.1, 0.15) is 33.6 Å². The average molecular weight is 265 g/mol. The number of carbonyl (C=O) groups excluding carboxylic acids is 1. The van der Waals surface area contributed by atoms with Crippen LogP contribution in [-0.4, -0.2) is 29.1 Å². The summed E-state index contributed by atoms with van der Waals surface area (Å²) < 4.78 is 0. The zero-order valence-electron chi connectivity index (χ0n) is 11.6. The number of hydrogen-bond donors (Lipinski definition) is 0. The minimum atomic E-state index is -0.00880. The van der Waals surface area contributed by atoms with Gasteiger partial charge in [0.1, 0.15) is 0 Å². The van der Waals surface area contributed by atoms with E-state index in [1.165, 1.54) is 0 Å². The molecule has 0 bridgehead atoms. The highest BCUT2D eigenvalue weighted by Gasteiger charge is 2.20. The molecule has 1 unspecified atom stereocenters. The normalized spacial score (nSPS) is 12.2. The Morgan fingerprint density at radius 3 is 2.22 bits per heavy atom. The highest BCUT2D eigenvalue weighted by atomic mass is 32.2. The number of hydrogen-bond acceptors (Lipinski definition) is 2. The molecule has 100 valence electrons. The fraction of sp³-hybridized carbons (Fsp3) is 0.533. The van der Waals surface area contributed by atoms with Gasteiger partial charge in [-0.05, 0) is 31.9 Å². The van der Waals surface area contributed by atoms with Gasteiger partial charge in [-0.1, -0.05) is 32.0 Å². The molecular weight excluding hydrogens is 242 g/mol. The van der Waals surface area contributed by atoms with Crippen LogP contribution in [0.15, 0.2) is 35.2 Å². The molecule has 0 saturated carbocycles. The first kappa shape index (κ1) is 15.1. The maximum Gasteiger partial charge on any atom is 0.235 e. The Kier molecular flexibility index (Phi) is 6.88. The van der Waals surface area contributed by atoms with E-state index in [1.54, 1.807) is 11.8 Å². The molecule has 1 amide bonds. The van der Waals surface area contributed by atoms with Gasteiger partial charge in [-0.15, -0.1) is 11.8 Å². The molecule has 0 spiro atoms. The molecule has 0 aliphatic rings. The van der Waals surface area contributed by atoms with Crippen molar-refractivity contribution in [3.8, 4) is 0 Å². The summed E-state index contributed by atoms with van der Waals surface area (Å²) in [6.07, 6.45) is 2.04. The van der Waals surface area contributed by atoms with Crippen molar-refractivity contribution >= 4 is 17.7 Å². The van der Waals surface area contributed by atoms with E-state index in [0.29, 0.717) is 0 Å². The molecule has 0 fully saturated rings. The summed E-state index contributed by atoms with van der Waals surface area (Å²) in [6.45, 7) is 7.97. The van der Waals surface area contributed by atoms with Crippen LogP contribution >= 0.6 is 11.8 Å². The Labute approximate surface area is 115 Å². The summed E-state index contributed by atoms with van der Waals surface area (Å²) in [5.74, 6) is 0.257. The van der Waals surface area contributed by atoms with Crippen LogP contribution in [0.2, 0.25) is 0 Å². The molecule has 1 rings (SSSR count). The topological polar surface area (TPSA) is 20.3 Å². The summed E-state index contributed by atoms with van der Waals surface area (Å²) in [7, 11) is 0. The molecule has 3 heteroatoms. The molecule has 1 aromatic carbocycles.